The summed E-state index contributed by atoms with van der Waals surface area (Å²) in [6, 6.07) is 8.10. The molecule has 1 aromatic heterocycles. The number of hydrogen-bond donors (Lipinski definition) is 1. The smallest absolute Gasteiger partial charge is 0.149 e. The van der Waals surface area contributed by atoms with Crippen molar-refractivity contribution in [3.05, 3.63) is 41.9 Å². The predicted molar refractivity (Wildman–Crippen MR) is 92.5 cm³/mol. The number of hydrogen-bond acceptors (Lipinski definition) is 3. The van der Waals surface area contributed by atoms with Gasteiger partial charge in [-0.1, -0.05) is 24.0 Å². The minimum atomic E-state index is -1.00. The molecule has 1 fully saturated rings. The molecule has 2 aromatic rings. The zero-order valence-corrected chi connectivity index (χ0v) is 13.8. The molecule has 0 unspecified atom stereocenters. The van der Waals surface area contributed by atoms with Crippen molar-refractivity contribution >= 4 is 0 Å². The molecule has 1 saturated heterocycles. The van der Waals surface area contributed by atoms with Crippen LogP contribution in [0, 0.1) is 11.8 Å². The lowest BCUT2D eigenvalue weighted by Gasteiger charge is -2.26. The Morgan fingerprint density at radius 1 is 1.17 bits per heavy atom. The number of rotatable bonds is 1. The summed E-state index contributed by atoms with van der Waals surface area (Å²) in [4.78, 5) is 4.75. The van der Waals surface area contributed by atoms with Crippen molar-refractivity contribution < 1.29 is 9.84 Å². The van der Waals surface area contributed by atoms with Gasteiger partial charge in [0.1, 0.15) is 11.4 Å². The van der Waals surface area contributed by atoms with Gasteiger partial charge in [-0.05, 0) is 37.8 Å². The highest BCUT2D eigenvalue weighted by atomic mass is 16.5. The van der Waals surface area contributed by atoms with E-state index >= 15 is 0 Å². The summed E-state index contributed by atoms with van der Waals surface area (Å²) in [7, 11) is 0. The number of ether oxygens (including phenoxy) is 1. The van der Waals surface area contributed by atoms with E-state index in [1.807, 2.05) is 12.1 Å². The summed E-state index contributed by atoms with van der Waals surface area (Å²) < 4.78 is 7.60. The molecule has 0 spiro atoms. The van der Waals surface area contributed by atoms with Gasteiger partial charge in [0.25, 0.3) is 0 Å². The van der Waals surface area contributed by atoms with E-state index in [0.29, 0.717) is 19.6 Å². The van der Waals surface area contributed by atoms with E-state index in [1.54, 1.807) is 0 Å². The standard InChI is InChI=1S/C20H22N2O2/c23-20(10-3-13-24-15-20)11-9-16-5-7-17(8-6-16)18-14-22-12-2-1-4-19(22)21-18/h5-8,14,23H,1-4,10,12-13,15H2/t20-/m0/s1. The van der Waals surface area contributed by atoms with E-state index in [2.05, 4.69) is 34.7 Å². The van der Waals surface area contributed by atoms with Crippen LogP contribution in [0.5, 0.6) is 0 Å². The van der Waals surface area contributed by atoms with Crippen molar-refractivity contribution in [3.8, 4) is 23.1 Å². The third-order valence-electron chi connectivity index (χ3n) is 4.75. The van der Waals surface area contributed by atoms with Crippen LogP contribution in [0.3, 0.4) is 0 Å². The van der Waals surface area contributed by atoms with Crippen LogP contribution in [-0.4, -0.2) is 33.5 Å². The Morgan fingerprint density at radius 2 is 2.04 bits per heavy atom. The van der Waals surface area contributed by atoms with E-state index in [-0.39, 0.29) is 0 Å². The van der Waals surface area contributed by atoms with Gasteiger partial charge < -0.3 is 14.4 Å². The molecule has 2 aliphatic rings. The molecule has 1 aromatic carbocycles. The van der Waals surface area contributed by atoms with Crippen molar-refractivity contribution in [2.75, 3.05) is 13.2 Å². The highest BCUT2D eigenvalue weighted by molar-refractivity contribution is 5.60. The van der Waals surface area contributed by atoms with Crippen LogP contribution in [0.4, 0.5) is 0 Å². The van der Waals surface area contributed by atoms with Crippen LogP contribution < -0.4 is 0 Å². The maximum atomic E-state index is 10.3. The van der Waals surface area contributed by atoms with Crippen molar-refractivity contribution in [2.24, 2.45) is 0 Å². The number of imidazole rings is 1. The molecular formula is C20H22N2O2. The summed E-state index contributed by atoms with van der Waals surface area (Å²) in [5, 5.41) is 10.3. The van der Waals surface area contributed by atoms with Gasteiger partial charge in [-0.2, -0.15) is 0 Å². The van der Waals surface area contributed by atoms with E-state index in [0.717, 1.165) is 36.2 Å². The maximum absolute atomic E-state index is 10.3. The maximum Gasteiger partial charge on any atom is 0.149 e. The Morgan fingerprint density at radius 3 is 2.79 bits per heavy atom. The van der Waals surface area contributed by atoms with Crippen molar-refractivity contribution in [1.82, 2.24) is 9.55 Å². The molecule has 3 heterocycles. The minimum absolute atomic E-state index is 0.304. The van der Waals surface area contributed by atoms with Gasteiger partial charge in [-0.25, -0.2) is 4.98 Å². The Kier molecular flexibility index (Phi) is 4.13. The van der Waals surface area contributed by atoms with E-state index in [9.17, 15) is 5.11 Å². The molecule has 124 valence electrons. The Labute approximate surface area is 142 Å². The summed E-state index contributed by atoms with van der Waals surface area (Å²) in [5.74, 6) is 7.25. The molecular weight excluding hydrogens is 300 g/mol. The molecule has 1 N–H and O–H groups in total. The highest BCUT2D eigenvalue weighted by Crippen LogP contribution is 2.23. The Balaban J connectivity index is 1.52. The minimum Gasteiger partial charge on any atom is -0.377 e. The largest absolute Gasteiger partial charge is 0.377 e. The second-order valence-corrected chi connectivity index (χ2v) is 6.71. The molecule has 4 nitrogen and oxygen atoms in total. The molecule has 0 bridgehead atoms. The quantitative estimate of drug-likeness (QED) is 0.821. The zero-order valence-electron chi connectivity index (χ0n) is 13.8. The number of benzene rings is 1. The number of aromatic nitrogens is 2. The second-order valence-electron chi connectivity index (χ2n) is 6.71. The van der Waals surface area contributed by atoms with Crippen LogP contribution in [0.25, 0.3) is 11.3 Å². The third kappa shape index (κ3) is 3.24. The molecule has 2 aliphatic heterocycles. The average Bonchev–Trinajstić information content (AvgIpc) is 3.05. The lowest BCUT2D eigenvalue weighted by Crippen LogP contribution is -2.36. The SMILES string of the molecule is O[C@]1(C#Cc2ccc(-c3cn4c(n3)CCCC4)cc2)CCCOC1. The van der Waals surface area contributed by atoms with Crippen molar-refractivity contribution in [2.45, 2.75) is 44.2 Å². The normalized spacial score (nSPS) is 23.2. The summed E-state index contributed by atoms with van der Waals surface area (Å²) in [6.07, 6.45) is 7.23. The van der Waals surface area contributed by atoms with Crippen LogP contribution in [0.15, 0.2) is 30.5 Å². The molecule has 0 radical (unpaired) electrons. The Hall–Kier alpha value is -2.09. The first kappa shape index (κ1) is 15.4. The summed E-state index contributed by atoms with van der Waals surface area (Å²) >= 11 is 0. The van der Waals surface area contributed by atoms with Crippen LogP contribution in [0.2, 0.25) is 0 Å². The molecule has 4 heteroatoms. The number of nitrogens with zero attached hydrogens (tertiary/aromatic N) is 2. The lowest BCUT2D eigenvalue weighted by atomic mass is 9.97. The van der Waals surface area contributed by atoms with Crippen molar-refractivity contribution in [1.29, 1.82) is 0 Å². The number of fused-ring (bicyclic) bond motifs is 1. The van der Waals surface area contributed by atoms with E-state index in [1.165, 1.54) is 18.7 Å². The van der Waals surface area contributed by atoms with E-state index < -0.39 is 5.60 Å². The third-order valence-corrected chi connectivity index (χ3v) is 4.75. The molecule has 1 atom stereocenters. The fraction of sp³-hybridized carbons (Fsp3) is 0.450. The first-order valence-corrected chi connectivity index (χ1v) is 8.72. The topological polar surface area (TPSA) is 47.3 Å². The predicted octanol–water partition coefficient (Wildman–Crippen LogP) is 2.78. The number of aliphatic hydroxyl groups is 1. The summed E-state index contributed by atoms with van der Waals surface area (Å²) in [6.45, 7) is 2.10. The Bertz CT molecular complexity index is 751. The molecule has 0 saturated carbocycles. The fourth-order valence-corrected chi connectivity index (χ4v) is 3.34. The molecule has 4 rings (SSSR count). The summed E-state index contributed by atoms with van der Waals surface area (Å²) in [5.41, 5.74) is 2.05. The van der Waals surface area contributed by atoms with Gasteiger partial charge in [0.05, 0.1) is 12.3 Å². The molecule has 0 aliphatic carbocycles. The van der Waals surface area contributed by atoms with Crippen LogP contribution in [0.1, 0.15) is 37.1 Å². The van der Waals surface area contributed by atoms with Gasteiger partial charge in [-0.3, -0.25) is 0 Å². The van der Waals surface area contributed by atoms with Gasteiger partial charge in [0, 0.05) is 36.9 Å². The van der Waals surface area contributed by atoms with Crippen LogP contribution in [-0.2, 0) is 17.7 Å². The lowest BCUT2D eigenvalue weighted by molar-refractivity contribution is -0.0480. The fourth-order valence-electron chi connectivity index (χ4n) is 3.34. The monoisotopic (exact) mass is 322 g/mol. The first-order valence-electron chi connectivity index (χ1n) is 8.72. The van der Waals surface area contributed by atoms with Gasteiger partial charge in [0.15, 0.2) is 0 Å². The van der Waals surface area contributed by atoms with Gasteiger partial charge in [-0.15, -0.1) is 0 Å². The highest BCUT2D eigenvalue weighted by Gasteiger charge is 2.27. The number of aryl methyl sites for hydroxylation is 2. The first-order chi connectivity index (χ1) is 11.7. The van der Waals surface area contributed by atoms with Crippen LogP contribution >= 0.6 is 0 Å². The van der Waals surface area contributed by atoms with Gasteiger partial charge >= 0.3 is 0 Å². The van der Waals surface area contributed by atoms with Crippen molar-refractivity contribution in [3.63, 3.8) is 0 Å². The average molecular weight is 322 g/mol. The molecule has 0 amide bonds. The van der Waals surface area contributed by atoms with Gasteiger partial charge in [0.2, 0.25) is 0 Å². The molecule has 24 heavy (non-hydrogen) atoms. The zero-order chi connectivity index (χ0) is 16.4. The second kappa shape index (κ2) is 6.43. The van der Waals surface area contributed by atoms with E-state index in [4.69, 9.17) is 9.72 Å².